The molecule has 0 saturated carbocycles. The second kappa shape index (κ2) is 5.64. The smallest absolute Gasteiger partial charge is 0.321 e. The number of benzene rings is 1. The highest BCUT2D eigenvalue weighted by Crippen LogP contribution is 2.32. The summed E-state index contributed by atoms with van der Waals surface area (Å²) in [7, 11) is 0. The average molecular weight is 317 g/mol. The number of nitrogens with one attached hydrogen (secondary N) is 1. The molecule has 1 atom stereocenters. The fourth-order valence-corrected chi connectivity index (χ4v) is 3.37. The number of urea groups is 1. The lowest BCUT2D eigenvalue weighted by molar-refractivity contribution is -0.130. The van der Waals surface area contributed by atoms with E-state index in [9.17, 15) is 9.59 Å². The number of ether oxygens (including phenoxy) is 2. The molecule has 0 aliphatic carbocycles. The highest BCUT2D eigenvalue weighted by Gasteiger charge is 2.36. The van der Waals surface area contributed by atoms with E-state index in [0.717, 1.165) is 6.42 Å². The van der Waals surface area contributed by atoms with Gasteiger partial charge in [0.1, 0.15) is 13.2 Å². The Kier molecular flexibility index (Phi) is 3.48. The maximum Gasteiger partial charge on any atom is 0.321 e. The third-order valence-corrected chi connectivity index (χ3v) is 4.58. The summed E-state index contributed by atoms with van der Waals surface area (Å²) in [6.07, 6.45) is 1.44. The first kappa shape index (κ1) is 14.2. The van der Waals surface area contributed by atoms with E-state index in [4.69, 9.17) is 9.47 Å². The molecule has 0 radical (unpaired) electrons. The number of nitrogens with zero attached hydrogens (tertiary/aromatic N) is 2. The highest BCUT2D eigenvalue weighted by atomic mass is 16.6. The first-order valence-corrected chi connectivity index (χ1v) is 7.96. The summed E-state index contributed by atoms with van der Waals surface area (Å²) in [5.41, 5.74) is 0.684. The Morgan fingerprint density at radius 3 is 2.87 bits per heavy atom. The Morgan fingerprint density at radius 1 is 1.17 bits per heavy atom. The van der Waals surface area contributed by atoms with Crippen molar-refractivity contribution in [2.24, 2.45) is 0 Å². The van der Waals surface area contributed by atoms with E-state index in [-0.39, 0.29) is 18.0 Å². The van der Waals surface area contributed by atoms with Crippen LogP contribution in [0.15, 0.2) is 18.2 Å². The zero-order valence-electron chi connectivity index (χ0n) is 12.8. The van der Waals surface area contributed by atoms with Crippen molar-refractivity contribution in [1.29, 1.82) is 0 Å². The molecule has 3 aliphatic rings. The Hall–Kier alpha value is -2.44. The van der Waals surface area contributed by atoms with E-state index in [2.05, 4.69) is 5.32 Å². The molecule has 0 bridgehead atoms. The predicted molar refractivity (Wildman–Crippen MR) is 82.8 cm³/mol. The SMILES string of the molecule is O=C(Nc1ccc2c(c1)OCCO2)N1CCN2C(=O)CCC2C1. The molecule has 1 unspecified atom stereocenters. The van der Waals surface area contributed by atoms with Crippen LogP contribution in [-0.4, -0.2) is 60.6 Å². The molecule has 3 amide bonds. The summed E-state index contributed by atoms with van der Waals surface area (Å²) < 4.78 is 11.0. The Bertz CT molecular complexity index is 648. The number of carbonyl (C=O) groups excluding carboxylic acids is 2. The number of piperazine rings is 1. The van der Waals surface area contributed by atoms with E-state index in [0.29, 0.717) is 56.5 Å². The van der Waals surface area contributed by atoms with Gasteiger partial charge in [0.2, 0.25) is 5.91 Å². The fraction of sp³-hybridized carbons (Fsp3) is 0.500. The lowest BCUT2D eigenvalue weighted by atomic mass is 10.1. The molecule has 3 aliphatic heterocycles. The number of carbonyl (C=O) groups is 2. The van der Waals surface area contributed by atoms with Gasteiger partial charge in [0.15, 0.2) is 11.5 Å². The fourth-order valence-electron chi connectivity index (χ4n) is 3.37. The van der Waals surface area contributed by atoms with Gasteiger partial charge in [-0.2, -0.15) is 0 Å². The second-order valence-electron chi connectivity index (χ2n) is 6.01. The third kappa shape index (κ3) is 2.67. The van der Waals surface area contributed by atoms with Gasteiger partial charge in [-0.05, 0) is 18.6 Å². The number of amides is 3. The van der Waals surface area contributed by atoms with Crippen molar-refractivity contribution < 1.29 is 19.1 Å². The lowest BCUT2D eigenvalue weighted by Gasteiger charge is -2.37. The van der Waals surface area contributed by atoms with Crippen molar-refractivity contribution >= 4 is 17.6 Å². The number of hydrogen-bond acceptors (Lipinski definition) is 4. The first-order chi connectivity index (χ1) is 11.2. The van der Waals surface area contributed by atoms with E-state index in [1.807, 2.05) is 4.90 Å². The molecular formula is C16H19N3O4. The van der Waals surface area contributed by atoms with E-state index in [1.165, 1.54) is 0 Å². The minimum Gasteiger partial charge on any atom is -0.486 e. The van der Waals surface area contributed by atoms with Gasteiger partial charge >= 0.3 is 6.03 Å². The Balaban J connectivity index is 1.41. The van der Waals surface area contributed by atoms with Crippen LogP contribution in [0.25, 0.3) is 0 Å². The van der Waals surface area contributed by atoms with Gasteiger partial charge < -0.3 is 24.6 Å². The molecule has 2 saturated heterocycles. The molecule has 3 heterocycles. The summed E-state index contributed by atoms with van der Waals surface area (Å²) in [5, 5.41) is 2.90. The third-order valence-electron chi connectivity index (χ3n) is 4.58. The second-order valence-corrected chi connectivity index (χ2v) is 6.01. The van der Waals surface area contributed by atoms with E-state index in [1.54, 1.807) is 23.1 Å². The summed E-state index contributed by atoms with van der Waals surface area (Å²) in [6.45, 7) is 2.85. The molecule has 23 heavy (non-hydrogen) atoms. The van der Waals surface area contributed by atoms with Crippen molar-refractivity contribution in [2.45, 2.75) is 18.9 Å². The van der Waals surface area contributed by atoms with E-state index < -0.39 is 0 Å². The minimum absolute atomic E-state index is 0.138. The summed E-state index contributed by atoms with van der Waals surface area (Å²) in [4.78, 5) is 27.8. The van der Waals surface area contributed by atoms with Crippen LogP contribution in [0.3, 0.4) is 0 Å². The highest BCUT2D eigenvalue weighted by molar-refractivity contribution is 5.90. The van der Waals surface area contributed by atoms with Crippen LogP contribution in [0, 0.1) is 0 Å². The van der Waals surface area contributed by atoms with Gasteiger partial charge in [0, 0.05) is 43.9 Å². The molecule has 1 aromatic rings. The molecule has 7 nitrogen and oxygen atoms in total. The molecule has 122 valence electrons. The Morgan fingerprint density at radius 2 is 2.00 bits per heavy atom. The quantitative estimate of drug-likeness (QED) is 0.847. The summed E-state index contributed by atoms with van der Waals surface area (Å²) in [6, 6.07) is 5.42. The van der Waals surface area contributed by atoms with Crippen LogP contribution in [0.1, 0.15) is 12.8 Å². The maximum absolute atomic E-state index is 12.4. The monoisotopic (exact) mass is 317 g/mol. The number of rotatable bonds is 1. The van der Waals surface area contributed by atoms with Gasteiger partial charge in [0.25, 0.3) is 0 Å². The zero-order valence-corrected chi connectivity index (χ0v) is 12.8. The summed E-state index contributed by atoms with van der Waals surface area (Å²) >= 11 is 0. The van der Waals surface area contributed by atoms with E-state index >= 15 is 0 Å². The number of anilines is 1. The lowest BCUT2D eigenvalue weighted by Crippen LogP contribution is -2.54. The number of fused-ring (bicyclic) bond motifs is 2. The van der Waals surface area contributed by atoms with Gasteiger partial charge in [0.05, 0.1) is 0 Å². The standard InChI is InChI=1S/C16H19N3O4/c20-15-4-2-12-10-18(5-6-19(12)15)16(21)17-11-1-3-13-14(9-11)23-8-7-22-13/h1,3,9,12H,2,4-8,10H2,(H,17,21). The maximum atomic E-state index is 12.4. The molecular weight excluding hydrogens is 298 g/mol. The van der Waals surface area contributed by atoms with Gasteiger partial charge in [-0.1, -0.05) is 0 Å². The average Bonchev–Trinajstić information content (AvgIpc) is 2.95. The van der Waals surface area contributed by atoms with Crippen molar-refractivity contribution in [3.63, 3.8) is 0 Å². The van der Waals surface area contributed by atoms with Crippen molar-refractivity contribution in [3.05, 3.63) is 18.2 Å². The van der Waals surface area contributed by atoms with Crippen molar-refractivity contribution in [1.82, 2.24) is 9.80 Å². The van der Waals surface area contributed by atoms with Crippen LogP contribution in [0.4, 0.5) is 10.5 Å². The first-order valence-electron chi connectivity index (χ1n) is 7.96. The minimum atomic E-state index is -0.138. The molecule has 1 aromatic carbocycles. The predicted octanol–water partition coefficient (Wildman–Crippen LogP) is 1.30. The molecule has 0 spiro atoms. The normalized spacial score (nSPS) is 22.8. The molecule has 4 rings (SSSR count). The van der Waals surface area contributed by atoms with Crippen molar-refractivity contribution in [2.75, 3.05) is 38.2 Å². The molecule has 0 aromatic heterocycles. The van der Waals surface area contributed by atoms with Crippen LogP contribution >= 0.6 is 0 Å². The zero-order chi connectivity index (χ0) is 15.8. The van der Waals surface area contributed by atoms with Crippen LogP contribution in [-0.2, 0) is 4.79 Å². The summed E-state index contributed by atoms with van der Waals surface area (Å²) in [5.74, 6) is 1.56. The van der Waals surface area contributed by atoms with Crippen LogP contribution < -0.4 is 14.8 Å². The van der Waals surface area contributed by atoms with Crippen LogP contribution in [0.2, 0.25) is 0 Å². The Labute approximate surface area is 134 Å². The van der Waals surface area contributed by atoms with Crippen LogP contribution in [0.5, 0.6) is 11.5 Å². The van der Waals surface area contributed by atoms with Gasteiger partial charge in [-0.15, -0.1) is 0 Å². The molecule has 2 fully saturated rings. The van der Waals surface area contributed by atoms with Crippen molar-refractivity contribution in [3.8, 4) is 11.5 Å². The molecule has 1 N–H and O–H groups in total. The topological polar surface area (TPSA) is 71.1 Å². The largest absolute Gasteiger partial charge is 0.486 e. The number of hydrogen-bond donors (Lipinski definition) is 1. The van der Waals surface area contributed by atoms with Gasteiger partial charge in [-0.3, -0.25) is 4.79 Å². The van der Waals surface area contributed by atoms with Gasteiger partial charge in [-0.25, -0.2) is 4.79 Å². The molecule has 7 heteroatoms.